The number of aliphatic hydroxyl groups excluding tert-OH is 1. The molecule has 29 heavy (non-hydrogen) atoms. The zero-order chi connectivity index (χ0) is 21.6. The molecule has 0 aromatic carbocycles. The van der Waals surface area contributed by atoms with Gasteiger partial charge in [0.05, 0.1) is 23.9 Å². The van der Waals surface area contributed by atoms with Gasteiger partial charge in [0.15, 0.2) is 0 Å². The maximum atomic E-state index is 12.4. The normalized spacial score (nSPS) is 27.3. The van der Waals surface area contributed by atoms with Crippen molar-refractivity contribution < 1.29 is 24.6 Å². The Morgan fingerprint density at radius 3 is 2.55 bits per heavy atom. The minimum Gasteiger partial charge on any atom is -0.477 e. The molecule has 0 saturated carbocycles. The summed E-state index contributed by atoms with van der Waals surface area (Å²) in [6.07, 6.45) is -0.416. The van der Waals surface area contributed by atoms with E-state index in [1.807, 2.05) is 11.8 Å². The van der Waals surface area contributed by atoms with Gasteiger partial charge >= 0.3 is 12.0 Å². The predicted octanol–water partition coefficient (Wildman–Crippen LogP) is -0.0646. The number of hydrogen-bond donors (Lipinski definition) is 4. The molecular weight excluding hydrogens is 398 g/mol. The maximum absolute atomic E-state index is 12.4. The number of hydrogen-bond acceptors (Lipinski definition) is 6. The van der Waals surface area contributed by atoms with Crippen LogP contribution < -0.4 is 5.73 Å². The van der Waals surface area contributed by atoms with Gasteiger partial charge in [0.2, 0.25) is 5.91 Å². The molecule has 11 heteroatoms. The fourth-order valence-corrected chi connectivity index (χ4v) is 5.65. The fourth-order valence-electron chi connectivity index (χ4n) is 4.13. The molecule has 3 aliphatic heterocycles. The minimum absolute atomic E-state index is 0.0333. The van der Waals surface area contributed by atoms with E-state index in [1.54, 1.807) is 14.0 Å². The second kappa shape index (κ2) is 7.86. The third-order valence-electron chi connectivity index (χ3n) is 5.89. The van der Waals surface area contributed by atoms with E-state index in [4.69, 9.17) is 11.1 Å². The van der Waals surface area contributed by atoms with Crippen molar-refractivity contribution in [3.8, 4) is 0 Å². The molecule has 0 unspecified atom stereocenters. The van der Waals surface area contributed by atoms with Crippen LogP contribution in [0.15, 0.2) is 10.6 Å². The van der Waals surface area contributed by atoms with Crippen LogP contribution in [0.25, 0.3) is 0 Å². The number of aliphatic hydroxyl groups is 1. The smallest absolute Gasteiger partial charge is 0.353 e. The highest BCUT2D eigenvalue weighted by atomic mass is 32.2. The van der Waals surface area contributed by atoms with Crippen LogP contribution in [-0.2, 0) is 9.59 Å². The Kier molecular flexibility index (Phi) is 5.81. The van der Waals surface area contributed by atoms with E-state index < -0.39 is 24.0 Å². The minimum atomic E-state index is -1.13. The molecule has 3 rings (SSSR count). The SMILES string of the molecule is C[C@@H](O)[C@H]1C(=O)N2C(C(=O)O)=C(SC3CN(C(=N)CCN(C)C(N)=O)C3)[C@H](C)[C@H]12. The topological polar surface area (TPSA) is 151 Å². The molecule has 5 N–H and O–H groups in total. The molecule has 2 saturated heterocycles. The van der Waals surface area contributed by atoms with Gasteiger partial charge in [0.1, 0.15) is 5.70 Å². The van der Waals surface area contributed by atoms with Crippen LogP contribution in [0.3, 0.4) is 0 Å². The average molecular weight is 426 g/mol. The molecule has 0 bridgehead atoms. The van der Waals surface area contributed by atoms with Crippen molar-refractivity contribution in [1.29, 1.82) is 5.41 Å². The van der Waals surface area contributed by atoms with Gasteiger partial charge in [-0.1, -0.05) is 6.92 Å². The van der Waals surface area contributed by atoms with E-state index in [2.05, 4.69) is 0 Å². The van der Waals surface area contributed by atoms with Gasteiger partial charge in [0, 0.05) is 49.2 Å². The van der Waals surface area contributed by atoms with E-state index in [0.29, 0.717) is 36.8 Å². The number of rotatable bonds is 7. The first-order chi connectivity index (χ1) is 13.5. The summed E-state index contributed by atoms with van der Waals surface area (Å²) in [6, 6.07) is -0.845. The van der Waals surface area contributed by atoms with Crippen LogP contribution in [-0.4, -0.2) is 92.7 Å². The van der Waals surface area contributed by atoms with Crippen molar-refractivity contribution in [3.63, 3.8) is 0 Å². The highest BCUT2D eigenvalue weighted by Crippen LogP contribution is 2.51. The third kappa shape index (κ3) is 3.68. The van der Waals surface area contributed by atoms with E-state index in [0.717, 1.165) is 0 Å². The highest BCUT2D eigenvalue weighted by molar-refractivity contribution is 8.03. The first kappa shape index (κ1) is 21.4. The van der Waals surface area contributed by atoms with Crippen molar-refractivity contribution in [2.45, 2.75) is 37.7 Å². The standard InChI is InChI=1S/C18H27N5O5S/c1-8-13-12(9(2)24)16(25)23(13)14(17(26)27)15(8)29-10-6-22(7-10)11(19)4-5-21(3)18(20)28/h8-10,12-13,19,24H,4-7H2,1-3H3,(H2,20,28)(H,26,27)/t8-,9-,12-,13-/m1/s1. The number of thioether (sulfide) groups is 1. The second-order valence-electron chi connectivity index (χ2n) is 7.87. The third-order valence-corrected chi connectivity index (χ3v) is 7.35. The van der Waals surface area contributed by atoms with Crippen LogP contribution in [0.5, 0.6) is 0 Å². The number of urea groups is 1. The molecule has 3 amide bonds. The van der Waals surface area contributed by atoms with Crippen molar-refractivity contribution >= 4 is 35.5 Å². The predicted molar refractivity (Wildman–Crippen MR) is 107 cm³/mol. The van der Waals surface area contributed by atoms with E-state index in [9.17, 15) is 24.6 Å². The lowest BCUT2D eigenvalue weighted by molar-refractivity contribution is -0.163. The molecule has 3 heterocycles. The molecule has 0 aliphatic carbocycles. The van der Waals surface area contributed by atoms with Crippen LogP contribution in [0.1, 0.15) is 20.3 Å². The number of amides is 3. The summed E-state index contributed by atoms with van der Waals surface area (Å²) in [5.74, 6) is -1.76. The second-order valence-corrected chi connectivity index (χ2v) is 9.22. The van der Waals surface area contributed by atoms with Crippen LogP contribution in [0.4, 0.5) is 4.79 Å². The van der Waals surface area contributed by atoms with Gasteiger partial charge in [-0.15, -0.1) is 11.8 Å². The number of nitrogens with one attached hydrogen (secondary N) is 1. The van der Waals surface area contributed by atoms with Gasteiger partial charge in [-0.25, -0.2) is 9.59 Å². The number of nitrogens with two attached hydrogens (primary N) is 1. The number of carbonyl (C=O) groups excluding carboxylic acids is 2. The Balaban J connectivity index is 1.60. The van der Waals surface area contributed by atoms with Crippen molar-refractivity contribution in [1.82, 2.24) is 14.7 Å². The molecule has 160 valence electrons. The Bertz CT molecular complexity index is 779. The molecule has 4 atom stereocenters. The van der Waals surface area contributed by atoms with Crippen LogP contribution in [0.2, 0.25) is 0 Å². The lowest BCUT2D eigenvalue weighted by Gasteiger charge is -2.46. The monoisotopic (exact) mass is 425 g/mol. The molecule has 10 nitrogen and oxygen atoms in total. The van der Waals surface area contributed by atoms with Gasteiger partial charge in [-0.3, -0.25) is 10.2 Å². The number of fused-ring (bicyclic) bond motifs is 1. The fraction of sp³-hybridized carbons (Fsp3) is 0.667. The maximum Gasteiger partial charge on any atom is 0.353 e. The first-order valence-corrected chi connectivity index (χ1v) is 10.4. The number of aliphatic carboxylic acids is 1. The number of carbonyl (C=O) groups is 3. The molecule has 2 fully saturated rings. The molecule has 0 aromatic heterocycles. The zero-order valence-corrected chi connectivity index (χ0v) is 17.5. The Morgan fingerprint density at radius 1 is 1.41 bits per heavy atom. The lowest BCUT2D eigenvalue weighted by Crippen LogP contribution is -2.63. The summed E-state index contributed by atoms with van der Waals surface area (Å²) >= 11 is 1.45. The van der Waals surface area contributed by atoms with Gasteiger partial charge in [0.25, 0.3) is 0 Å². The Morgan fingerprint density at radius 2 is 2.03 bits per heavy atom. The summed E-state index contributed by atoms with van der Waals surface area (Å²) in [7, 11) is 1.58. The summed E-state index contributed by atoms with van der Waals surface area (Å²) in [5.41, 5.74) is 5.21. The van der Waals surface area contributed by atoms with E-state index in [-0.39, 0.29) is 28.8 Å². The molecular formula is C18H27N5O5S. The first-order valence-electron chi connectivity index (χ1n) is 9.52. The Labute approximate surface area is 173 Å². The number of carboxylic acid groups (broad SMARTS) is 1. The van der Waals surface area contributed by atoms with Gasteiger partial charge in [-0.2, -0.15) is 0 Å². The number of likely N-dealkylation sites (tertiary alicyclic amines) is 1. The van der Waals surface area contributed by atoms with E-state index in [1.165, 1.54) is 21.6 Å². The molecule has 0 radical (unpaired) electrons. The zero-order valence-electron chi connectivity index (χ0n) is 16.7. The lowest BCUT2D eigenvalue weighted by atomic mass is 9.79. The Hall–Kier alpha value is -2.27. The van der Waals surface area contributed by atoms with Gasteiger partial charge < -0.3 is 30.6 Å². The average Bonchev–Trinajstić information content (AvgIpc) is 2.83. The number of β-lactam (4-membered cyclic amide) rings is 1. The molecule has 0 spiro atoms. The largest absolute Gasteiger partial charge is 0.477 e. The number of primary amides is 1. The number of amidine groups is 1. The quantitative estimate of drug-likeness (QED) is 0.253. The highest BCUT2D eigenvalue weighted by Gasteiger charge is 2.60. The molecule has 0 aromatic rings. The van der Waals surface area contributed by atoms with Gasteiger partial charge in [-0.05, 0) is 6.92 Å². The van der Waals surface area contributed by atoms with Crippen molar-refractivity contribution in [2.75, 3.05) is 26.7 Å². The number of carboxylic acids is 1. The van der Waals surface area contributed by atoms with E-state index >= 15 is 0 Å². The number of nitrogens with zero attached hydrogens (tertiary/aromatic N) is 3. The van der Waals surface area contributed by atoms with Crippen molar-refractivity contribution in [3.05, 3.63) is 10.6 Å². The molecule has 3 aliphatic rings. The summed E-state index contributed by atoms with van der Waals surface area (Å²) in [5, 5.41) is 27.8. The summed E-state index contributed by atoms with van der Waals surface area (Å²) < 4.78 is 0. The van der Waals surface area contributed by atoms with Crippen molar-refractivity contribution in [2.24, 2.45) is 17.6 Å². The summed E-state index contributed by atoms with van der Waals surface area (Å²) in [6.45, 7) is 5.03. The summed E-state index contributed by atoms with van der Waals surface area (Å²) in [4.78, 5) is 40.4. The van der Waals surface area contributed by atoms with Crippen LogP contribution in [0, 0.1) is 17.2 Å². The van der Waals surface area contributed by atoms with Crippen LogP contribution >= 0.6 is 11.8 Å².